The van der Waals surface area contributed by atoms with Gasteiger partial charge in [-0.05, 0) is 24.3 Å². The van der Waals surface area contributed by atoms with E-state index >= 15 is 0 Å². The summed E-state index contributed by atoms with van der Waals surface area (Å²) >= 11 is 0. The van der Waals surface area contributed by atoms with Gasteiger partial charge in [0, 0.05) is 38.6 Å². The van der Waals surface area contributed by atoms with Crippen molar-refractivity contribution in [3.05, 3.63) is 48.8 Å². The van der Waals surface area contributed by atoms with E-state index in [1.165, 1.54) is 6.26 Å². The van der Waals surface area contributed by atoms with Gasteiger partial charge in [-0.3, -0.25) is 0 Å². The zero-order chi connectivity index (χ0) is 14.9. The molecule has 1 aromatic heterocycles. The number of sulfonamides is 1. The summed E-state index contributed by atoms with van der Waals surface area (Å²) in [5, 5.41) is 0. The zero-order valence-corrected chi connectivity index (χ0v) is 12.8. The van der Waals surface area contributed by atoms with Crippen LogP contribution in [0.15, 0.2) is 48.8 Å². The molecule has 0 atom stereocenters. The topological polar surface area (TPSA) is 45.6 Å². The van der Waals surface area contributed by atoms with Crippen LogP contribution in [0, 0.1) is 0 Å². The van der Waals surface area contributed by atoms with Gasteiger partial charge in [0.05, 0.1) is 17.6 Å². The SMILES string of the molecule is CS(=O)(=O)N1CCN(c2ccccc2-n2cccc2)CC1. The number of aromatic nitrogens is 1. The van der Waals surface area contributed by atoms with E-state index in [4.69, 9.17) is 0 Å². The molecule has 6 heteroatoms. The molecular weight excluding hydrogens is 286 g/mol. The first kappa shape index (κ1) is 14.2. The zero-order valence-electron chi connectivity index (χ0n) is 12.0. The van der Waals surface area contributed by atoms with Crippen LogP contribution in [0.25, 0.3) is 5.69 Å². The molecule has 1 aromatic carbocycles. The van der Waals surface area contributed by atoms with Crippen LogP contribution in [0.2, 0.25) is 0 Å². The van der Waals surface area contributed by atoms with Gasteiger partial charge in [-0.15, -0.1) is 0 Å². The Labute approximate surface area is 125 Å². The molecule has 0 bridgehead atoms. The van der Waals surface area contributed by atoms with Crippen molar-refractivity contribution in [1.82, 2.24) is 8.87 Å². The predicted octanol–water partition coefficient (Wildman–Crippen LogP) is 1.56. The highest BCUT2D eigenvalue weighted by molar-refractivity contribution is 7.88. The van der Waals surface area contributed by atoms with E-state index in [9.17, 15) is 8.42 Å². The molecule has 21 heavy (non-hydrogen) atoms. The summed E-state index contributed by atoms with van der Waals surface area (Å²) in [5.74, 6) is 0. The number of benzene rings is 1. The Balaban J connectivity index is 1.83. The van der Waals surface area contributed by atoms with Crippen molar-refractivity contribution in [2.24, 2.45) is 0 Å². The largest absolute Gasteiger partial charge is 0.367 e. The summed E-state index contributed by atoms with van der Waals surface area (Å²) in [6.45, 7) is 2.51. The van der Waals surface area contributed by atoms with Crippen LogP contribution in [0.1, 0.15) is 0 Å². The summed E-state index contributed by atoms with van der Waals surface area (Å²) in [6.07, 6.45) is 5.31. The first-order valence-electron chi connectivity index (χ1n) is 6.98. The van der Waals surface area contributed by atoms with Gasteiger partial charge in [0.15, 0.2) is 0 Å². The van der Waals surface area contributed by atoms with E-state index in [1.54, 1.807) is 4.31 Å². The number of piperazine rings is 1. The Bertz CT molecular complexity index is 702. The Morgan fingerprint density at radius 3 is 2.00 bits per heavy atom. The van der Waals surface area contributed by atoms with Gasteiger partial charge >= 0.3 is 0 Å². The lowest BCUT2D eigenvalue weighted by atomic mass is 10.2. The van der Waals surface area contributed by atoms with Crippen molar-refractivity contribution in [2.45, 2.75) is 0 Å². The van der Waals surface area contributed by atoms with Gasteiger partial charge < -0.3 is 9.47 Å². The van der Waals surface area contributed by atoms with Crippen LogP contribution >= 0.6 is 0 Å². The third-order valence-corrected chi connectivity index (χ3v) is 5.12. The molecule has 0 aliphatic carbocycles. The standard InChI is InChI=1S/C15H19N3O2S/c1-21(19,20)18-12-10-17(11-13-18)15-7-3-2-6-14(15)16-8-4-5-9-16/h2-9H,10-13H2,1H3. The second-order valence-corrected chi connectivity index (χ2v) is 7.21. The maximum absolute atomic E-state index is 11.6. The third-order valence-electron chi connectivity index (χ3n) is 3.81. The lowest BCUT2D eigenvalue weighted by Gasteiger charge is -2.35. The molecule has 3 rings (SSSR count). The van der Waals surface area contributed by atoms with Crippen molar-refractivity contribution < 1.29 is 8.42 Å². The molecule has 1 fully saturated rings. The van der Waals surface area contributed by atoms with Crippen LogP contribution in [0.4, 0.5) is 5.69 Å². The fourth-order valence-corrected chi connectivity index (χ4v) is 3.53. The number of para-hydroxylation sites is 2. The van der Waals surface area contributed by atoms with Gasteiger partial charge in [-0.2, -0.15) is 4.31 Å². The molecule has 0 N–H and O–H groups in total. The van der Waals surface area contributed by atoms with Crippen molar-refractivity contribution in [2.75, 3.05) is 37.3 Å². The van der Waals surface area contributed by atoms with Crippen molar-refractivity contribution in [1.29, 1.82) is 0 Å². The first-order valence-corrected chi connectivity index (χ1v) is 8.83. The normalized spacial score (nSPS) is 17.1. The molecule has 0 amide bonds. The molecule has 1 aliphatic heterocycles. The maximum Gasteiger partial charge on any atom is 0.211 e. The quantitative estimate of drug-likeness (QED) is 0.864. The van der Waals surface area contributed by atoms with Gasteiger partial charge in [0.2, 0.25) is 10.0 Å². The Morgan fingerprint density at radius 1 is 0.857 bits per heavy atom. The summed E-state index contributed by atoms with van der Waals surface area (Å²) in [7, 11) is -3.08. The smallest absolute Gasteiger partial charge is 0.211 e. The fraction of sp³-hybridized carbons (Fsp3) is 0.333. The number of hydrogen-bond acceptors (Lipinski definition) is 3. The first-order chi connectivity index (χ1) is 10.1. The van der Waals surface area contributed by atoms with E-state index in [-0.39, 0.29) is 0 Å². The second kappa shape index (κ2) is 5.54. The fourth-order valence-electron chi connectivity index (χ4n) is 2.71. The van der Waals surface area contributed by atoms with E-state index < -0.39 is 10.0 Å². The van der Waals surface area contributed by atoms with E-state index in [2.05, 4.69) is 21.6 Å². The molecule has 112 valence electrons. The highest BCUT2D eigenvalue weighted by Gasteiger charge is 2.24. The minimum Gasteiger partial charge on any atom is -0.367 e. The Kier molecular flexibility index (Phi) is 3.73. The van der Waals surface area contributed by atoms with Crippen LogP contribution in [0.5, 0.6) is 0 Å². The molecule has 1 aliphatic rings. The van der Waals surface area contributed by atoms with Crippen LogP contribution < -0.4 is 4.90 Å². The van der Waals surface area contributed by atoms with Crippen LogP contribution in [0.3, 0.4) is 0 Å². The van der Waals surface area contributed by atoms with Gasteiger partial charge in [-0.25, -0.2) is 8.42 Å². The molecule has 2 heterocycles. The average molecular weight is 305 g/mol. The molecular formula is C15H19N3O2S. The predicted molar refractivity (Wildman–Crippen MR) is 84.4 cm³/mol. The summed E-state index contributed by atoms with van der Waals surface area (Å²) < 4.78 is 26.8. The van der Waals surface area contributed by atoms with Gasteiger partial charge in [-0.1, -0.05) is 12.1 Å². The van der Waals surface area contributed by atoms with Gasteiger partial charge in [0.1, 0.15) is 0 Å². The number of rotatable bonds is 3. The van der Waals surface area contributed by atoms with Crippen LogP contribution in [-0.4, -0.2) is 49.7 Å². The van der Waals surface area contributed by atoms with Crippen molar-refractivity contribution >= 4 is 15.7 Å². The monoisotopic (exact) mass is 305 g/mol. The molecule has 0 saturated carbocycles. The number of hydrogen-bond donors (Lipinski definition) is 0. The lowest BCUT2D eigenvalue weighted by molar-refractivity contribution is 0.388. The minimum atomic E-state index is -3.08. The molecule has 5 nitrogen and oxygen atoms in total. The van der Waals surface area contributed by atoms with E-state index in [0.717, 1.165) is 11.4 Å². The Morgan fingerprint density at radius 2 is 1.43 bits per heavy atom. The summed E-state index contributed by atoms with van der Waals surface area (Å²) in [6, 6.07) is 12.2. The number of nitrogens with zero attached hydrogens (tertiary/aromatic N) is 3. The molecule has 0 radical (unpaired) electrons. The molecule has 1 saturated heterocycles. The maximum atomic E-state index is 11.6. The highest BCUT2D eigenvalue weighted by Crippen LogP contribution is 2.25. The highest BCUT2D eigenvalue weighted by atomic mass is 32.2. The second-order valence-electron chi connectivity index (χ2n) is 5.23. The third kappa shape index (κ3) is 2.96. The van der Waals surface area contributed by atoms with Crippen LogP contribution in [-0.2, 0) is 10.0 Å². The summed E-state index contributed by atoms with van der Waals surface area (Å²) in [5.41, 5.74) is 2.26. The molecule has 0 spiro atoms. The average Bonchev–Trinajstić information content (AvgIpc) is 3.01. The molecule has 0 unspecified atom stereocenters. The summed E-state index contributed by atoms with van der Waals surface area (Å²) in [4.78, 5) is 2.25. The number of anilines is 1. The lowest BCUT2D eigenvalue weighted by Crippen LogP contribution is -2.48. The van der Waals surface area contributed by atoms with E-state index in [1.807, 2.05) is 36.7 Å². The van der Waals surface area contributed by atoms with E-state index in [0.29, 0.717) is 26.2 Å². The Hall–Kier alpha value is -1.79. The van der Waals surface area contributed by atoms with Crippen molar-refractivity contribution in [3.63, 3.8) is 0 Å². The van der Waals surface area contributed by atoms with Gasteiger partial charge in [0.25, 0.3) is 0 Å². The molecule has 2 aromatic rings. The minimum absolute atomic E-state index is 0.541. The van der Waals surface area contributed by atoms with Crippen molar-refractivity contribution in [3.8, 4) is 5.69 Å².